The van der Waals surface area contributed by atoms with Crippen molar-refractivity contribution in [3.8, 4) is 28.5 Å². The van der Waals surface area contributed by atoms with Crippen LogP contribution in [0.4, 0.5) is 14.0 Å². The highest BCUT2D eigenvalue weighted by atomic mass is 35.5. The Balaban J connectivity index is 1.50. The van der Waals surface area contributed by atoms with Gasteiger partial charge in [-0.1, -0.05) is 35.3 Å². The Morgan fingerprint density at radius 2 is 1.94 bits per heavy atom. The van der Waals surface area contributed by atoms with Gasteiger partial charge in [0.1, 0.15) is 11.1 Å². The number of methoxy groups -OCH3 is 1. The van der Waals surface area contributed by atoms with Gasteiger partial charge in [-0.25, -0.2) is 19.0 Å². The number of likely N-dealkylation sites (tertiary alicyclic amines) is 1. The number of aromatic nitrogens is 3. The summed E-state index contributed by atoms with van der Waals surface area (Å²) in [6.45, 7) is 4.10. The summed E-state index contributed by atoms with van der Waals surface area (Å²) in [7, 11) is 1.35. The van der Waals surface area contributed by atoms with Crippen molar-refractivity contribution in [1.82, 2.24) is 24.3 Å². The molecular weight excluding hydrogens is 734 g/mol. The van der Waals surface area contributed by atoms with E-state index >= 15 is 4.39 Å². The fraction of sp³-hybridized carbons (Fsp3) is 0.375. The van der Waals surface area contributed by atoms with Crippen LogP contribution in [0, 0.1) is 23.1 Å². The number of nitriles is 1. The highest BCUT2D eigenvalue weighted by Gasteiger charge is 2.56. The first-order valence-corrected chi connectivity index (χ1v) is 18.6. The Morgan fingerprint density at radius 3 is 2.61 bits per heavy atom. The third-order valence-corrected chi connectivity index (χ3v) is 12.1. The van der Waals surface area contributed by atoms with Crippen LogP contribution in [0.25, 0.3) is 44.2 Å². The number of amides is 2. The van der Waals surface area contributed by atoms with Gasteiger partial charge in [-0.3, -0.25) is 9.88 Å². The zero-order valence-electron chi connectivity index (χ0n) is 29.8. The Bertz CT molecular complexity index is 2410. The van der Waals surface area contributed by atoms with Gasteiger partial charge >= 0.3 is 12.2 Å². The predicted molar refractivity (Wildman–Crippen MR) is 202 cm³/mol. The van der Waals surface area contributed by atoms with E-state index in [9.17, 15) is 25.1 Å². The number of carbonyl (C=O) groups is 2. The SMILES string of the molecule is COC(=O)N1CCC[C@@H]1c1cc2c(-c3ccc(C(C)(C)O)nc3)nc3c(F)c(-c4cccc(Cl)c4Cl)c(CCC#N)cc3c2n1[C@H]1[C@@H]2C[C@H]1N(C(=O)O)C2. The Hall–Kier alpha value is -4.96. The van der Waals surface area contributed by atoms with E-state index in [0.29, 0.717) is 70.3 Å². The number of pyridine rings is 2. The largest absolute Gasteiger partial charge is 0.465 e. The quantitative estimate of drug-likeness (QED) is 0.167. The number of hydrogen-bond acceptors (Lipinski definition) is 7. The topological polar surface area (TPSA) is 145 Å². The van der Waals surface area contributed by atoms with Gasteiger partial charge in [0.05, 0.1) is 58.3 Å². The van der Waals surface area contributed by atoms with E-state index in [4.69, 9.17) is 32.9 Å². The van der Waals surface area contributed by atoms with E-state index in [1.807, 2.05) is 12.1 Å². The zero-order chi connectivity index (χ0) is 38.2. The number of hydrogen-bond donors (Lipinski definition) is 2. The minimum Gasteiger partial charge on any atom is -0.465 e. The molecular formula is C40H37Cl2FN6O5. The molecule has 3 aromatic heterocycles. The number of rotatable bonds is 7. The molecule has 3 aliphatic heterocycles. The molecule has 0 unspecified atom stereocenters. The molecule has 1 saturated carbocycles. The molecule has 4 fully saturated rings. The number of aliphatic hydroxyl groups is 1. The number of halogens is 3. The highest BCUT2D eigenvalue weighted by Crippen LogP contribution is 2.54. The van der Waals surface area contributed by atoms with Gasteiger partial charge in [0.25, 0.3) is 0 Å². The Kier molecular flexibility index (Phi) is 8.95. The molecule has 1 aliphatic carbocycles. The average Bonchev–Trinajstić information content (AvgIpc) is 3.95. The van der Waals surface area contributed by atoms with E-state index < -0.39 is 29.6 Å². The number of benzene rings is 2. The molecule has 4 atom stereocenters. The lowest BCUT2D eigenvalue weighted by molar-refractivity contribution is 0.0738. The molecule has 0 spiro atoms. The fourth-order valence-corrected chi connectivity index (χ4v) is 9.22. The van der Waals surface area contributed by atoms with Crippen molar-refractivity contribution in [2.75, 3.05) is 20.2 Å². The molecule has 6 heterocycles. The van der Waals surface area contributed by atoms with Crippen LogP contribution in [0.3, 0.4) is 0 Å². The van der Waals surface area contributed by atoms with E-state index in [1.165, 1.54) is 12.0 Å². The van der Waals surface area contributed by atoms with Crippen LogP contribution in [0.5, 0.6) is 0 Å². The third kappa shape index (κ3) is 5.63. The summed E-state index contributed by atoms with van der Waals surface area (Å²) in [5.41, 5.74) is 2.75. The van der Waals surface area contributed by atoms with Gasteiger partial charge in [0.15, 0.2) is 5.82 Å². The van der Waals surface area contributed by atoms with Crippen LogP contribution in [-0.4, -0.2) is 73.0 Å². The van der Waals surface area contributed by atoms with Crippen molar-refractivity contribution in [2.45, 2.75) is 69.7 Å². The molecule has 2 aromatic carbocycles. The second kappa shape index (κ2) is 13.4. The molecule has 9 rings (SSSR count). The number of carbonyl (C=O) groups excluding carboxylic acids is 1. The van der Waals surface area contributed by atoms with E-state index in [2.05, 4.69) is 15.6 Å². The van der Waals surface area contributed by atoms with Crippen LogP contribution < -0.4 is 0 Å². The molecule has 2 amide bonds. The van der Waals surface area contributed by atoms with Crippen molar-refractivity contribution in [3.63, 3.8) is 0 Å². The first kappa shape index (κ1) is 36.0. The van der Waals surface area contributed by atoms with Gasteiger partial charge in [0, 0.05) is 64.8 Å². The number of nitrogens with zero attached hydrogens (tertiary/aromatic N) is 6. The average molecular weight is 772 g/mol. The van der Waals surface area contributed by atoms with Gasteiger partial charge in [-0.2, -0.15) is 5.26 Å². The van der Waals surface area contributed by atoms with Gasteiger partial charge in [-0.15, -0.1) is 0 Å². The Labute approximate surface area is 320 Å². The van der Waals surface area contributed by atoms with Crippen molar-refractivity contribution in [2.24, 2.45) is 5.92 Å². The van der Waals surface area contributed by atoms with Crippen molar-refractivity contribution in [1.29, 1.82) is 5.26 Å². The number of aryl methyl sites for hydroxylation is 1. The zero-order valence-corrected chi connectivity index (χ0v) is 31.3. The maximum atomic E-state index is 17.6. The minimum atomic E-state index is -1.21. The maximum Gasteiger partial charge on any atom is 0.410 e. The van der Waals surface area contributed by atoms with Gasteiger partial charge in [-0.05, 0) is 75.4 Å². The molecule has 278 valence electrons. The first-order chi connectivity index (χ1) is 25.8. The fourth-order valence-electron chi connectivity index (χ4n) is 8.83. The van der Waals surface area contributed by atoms with Crippen molar-refractivity contribution in [3.05, 3.63) is 81.5 Å². The monoisotopic (exact) mass is 770 g/mol. The number of ether oxygens (including phenoxy) is 1. The minimum absolute atomic E-state index is 0.0136. The lowest BCUT2D eigenvalue weighted by Crippen LogP contribution is -2.43. The molecule has 4 aliphatic rings. The number of carboxylic acid groups (broad SMARTS) is 1. The first-order valence-electron chi connectivity index (χ1n) is 17.9. The molecule has 14 heteroatoms. The van der Waals surface area contributed by atoms with E-state index in [-0.39, 0.29) is 52.0 Å². The lowest BCUT2D eigenvalue weighted by atomic mass is 9.79. The summed E-state index contributed by atoms with van der Waals surface area (Å²) in [4.78, 5) is 38.3. The summed E-state index contributed by atoms with van der Waals surface area (Å²) in [5, 5.41) is 32.0. The maximum absolute atomic E-state index is 17.6. The van der Waals surface area contributed by atoms with E-state index in [0.717, 1.165) is 12.1 Å². The Morgan fingerprint density at radius 1 is 1.15 bits per heavy atom. The summed E-state index contributed by atoms with van der Waals surface area (Å²) in [6, 6.07) is 13.5. The van der Waals surface area contributed by atoms with Gasteiger partial charge < -0.3 is 24.4 Å². The second-order valence-corrected chi connectivity index (χ2v) is 15.6. The molecule has 11 nitrogen and oxygen atoms in total. The smallest absolute Gasteiger partial charge is 0.410 e. The summed E-state index contributed by atoms with van der Waals surface area (Å²) >= 11 is 13.2. The predicted octanol–water partition coefficient (Wildman–Crippen LogP) is 8.87. The van der Waals surface area contributed by atoms with Gasteiger partial charge in [0.2, 0.25) is 0 Å². The molecule has 2 bridgehead atoms. The summed E-state index contributed by atoms with van der Waals surface area (Å²) in [6.07, 6.45) is 2.48. The van der Waals surface area contributed by atoms with Crippen LogP contribution in [0.1, 0.15) is 68.6 Å². The molecule has 0 radical (unpaired) electrons. The second-order valence-electron chi connectivity index (χ2n) is 14.8. The molecule has 54 heavy (non-hydrogen) atoms. The molecule has 3 saturated heterocycles. The normalized spacial score (nSPS) is 20.8. The van der Waals surface area contributed by atoms with Crippen LogP contribution in [-0.2, 0) is 16.8 Å². The third-order valence-electron chi connectivity index (χ3n) is 11.3. The highest BCUT2D eigenvalue weighted by molar-refractivity contribution is 6.43. The van der Waals surface area contributed by atoms with E-state index in [1.54, 1.807) is 55.3 Å². The van der Waals surface area contributed by atoms with Crippen LogP contribution in [0.2, 0.25) is 10.0 Å². The molecule has 5 aromatic rings. The van der Waals surface area contributed by atoms with Crippen LogP contribution >= 0.6 is 23.2 Å². The van der Waals surface area contributed by atoms with Crippen molar-refractivity contribution >= 4 is 57.2 Å². The molecule has 2 N–H and O–H groups in total. The van der Waals surface area contributed by atoms with Crippen molar-refractivity contribution < 1.29 is 28.9 Å². The summed E-state index contributed by atoms with van der Waals surface area (Å²) in [5.74, 6) is -0.663. The lowest BCUT2D eigenvalue weighted by Gasteiger charge is -2.40. The standard InChI is InChI=1S/C40H37Cl2FN6O5/c1-40(2,53)30-12-11-21(18-45-30)34-25-17-28(27-10-6-14-47(27)39(52)54-3)49(36-22-16-29(36)48(19-22)38(50)51)37(25)24-15-20(7-5-13-44)31(33(43)35(24)46-34)23-8-4-9-26(41)32(23)42/h4,8-9,11-12,15,17-18,22,27,29,36,53H,5-7,10,14,16,19H2,1-3H3,(H,50,51)/t22-,27-,29-,36+/m1/s1. The summed E-state index contributed by atoms with van der Waals surface area (Å²) < 4.78 is 25.0. The van der Waals surface area contributed by atoms with Crippen LogP contribution in [0.15, 0.2) is 48.7 Å². The number of fused-ring (bicyclic) bond motifs is 4.